The highest BCUT2D eigenvalue weighted by Gasteiger charge is 2.34. The molecule has 2 amide bonds. The van der Waals surface area contributed by atoms with Crippen LogP contribution in [0.3, 0.4) is 0 Å². The number of ether oxygens (including phenoxy) is 1. The van der Waals surface area contributed by atoms with Crippen LogP contribution >= 0.6 is 0 Å². The van der Waals surface area contributed by atoms with Crippen LogP contribution in [0.25, 0.3) is 0 Å². The van der Waals surface area contributed by atoms with Gasteiger partial charge in [0.2, 0.25) is 0 Å². The molecule has 0 fully saturated rings. The lowest BCUT2D eigenvalue weighted by atomic mass is 9.97. The third-order valence-corrected chi connectivity index (χ3v) is 5.75. The zero-order valence-electron chi connectivity index (χ0n) is 19.9. The Morgan fingerprint density at radius 1 is 1.24 bits per heavy atom. The molecule has 4 rings (SSSR count). The van der Waals surface area contributed by atoms with Crippen molar-refractivity contribution < 1.29 is 31.5 Å². The Hall–Kier alpha value is -4.47. The van der Waals surface area contributed by atoms with Crippen LogP contribution in [0.4, 0.5) is 32.4 Å². The molecule has 2 heterocycles. The number of nitrogens with zero attached hydrogens (tertiary/aromatic N) is 6. The quantitative estimate of drug-likeness (QED) is 0.305. The van der Waals surface area contributed by atoms with Crippen molar-refractivity contribution in [1.82, 2.24) is 14.8 Å². The maximum atomic E-state index is 13.4. The fraction of sp³-hybridized carbons (Fsp3) is 0.280. The van der Waals surface area contributed by atoms with Crippen molar-refractivity contribution in [2.24, 2.45) is 5.10 Å². The number of benzene rings is 2. The first kappa shape index (κ1) is 26.6. The minimum atomic E-state index is -4.58. The number of urea groups is 1. The zero-order chi connectivity index (χ0) is 27.4. The van der Waals surface area contributed by atoms with Crippen molar-refractivity contribution in [2.75, 3.05) is 18.0 Å². The number of aromatic nitrogens is 2. The molecule has 1 aromatic heterocycles. The monoisotopic (exact) mass is 532 g/mol. The van der Waals surface area contributed by atoms with Crippen LogP contribution in [0.1, 0.15) is 29.2 Å². The van der Waals surface area contributed by atoms with Gasteiger partial charge in [0.05, 0.1) is 29.6 Å². The van der Waals surface area contributed by atoms with E-state index < -0.39 is 30.4 Å². The average Bonchev–Trinajstić information content (AvgIpc) is 3.32. The molecule has 0 aliphatic carbocycles. The van der Waals surface area contributed by atoms with E-state index in [1.165, 1.54) is 36.4 Å². The minimum Gasteiger partial charge on any atom is -0.435 e. The number of hydrogen-bond donors (Lipinski definition) is 0. The smallest absolute Gasteiger partial charge is 0.416 e. The van der Waals surface area contributed by atoms with Crippen LogP contribution in [0.5, 0.6) is 5.75 Å². The number of aryl methyl sites for hydroxylation is 1. The van der Waals surface area contributed by atoms with Gasteiger partial charge in [0.1, 0.15) is 12.3 Å². The summed E-state index contributed by atoms with van der Waals surface area (Å²) in [5.41, 5.74) is 0.547. The molecule has 0 saturated heterocycles. The predicted molar refractivity (Wildman–Crippen MR) is 127 cm³/mol. The maximum absolute atomic E-state index is 13.4. The highest BCUT2D eigenvalue weighted by atomic mass is 19.4. The molecule has 0 saturated carbocycles. The third-order valence-electron chi connectivity index (χ3n) is 5.75. The lowest BCUT2D eigenvalue weighted by Crippen LogP contribution is -2.45. The Morgan fingerprint density at radius 2 is 1.97 bits per heavy atom. The van der Waals surface area contributed by atoms with E-state index in [4.69, 9.17) is 0 Å². The van der Waals surface area contributed by atoms with E-state index in [-0.39, 0.29) is 42.2 Å². The van der Waals surface area contributed by atoms with Gasteiger partial charge in [-0.3, -0.25) is 9.58 Å². The Bertz CT molecular complexity index is 1360. The second kappa shape index (κ2) is 10.9. The van der Waals surface area contributed by atoms with Gasteiger partial charge in [-0.25, -0.2) is 9.80 Å². The Balaban J connectivity index is 1.71. The highest BCUT2D eigenvalue weighted by molar-refractivity contribution is 6.05. The average molecular weight is 532 g/mol. The molecule has 2 aromatic carbocycles. The van der Waals surface area contributed by atoms with Gasteiger partial charge in [0.15, 0.2) is 0 Å². The molecule has 38 heavy (non-hydrogen) atoms. The first-order chi connectivity index (χ1) is 18.1. The number of rotatable bonds is 6. The summed E-state index contributed by atoms with van der Waals surface area (Å²) in [6.45, 7) is -1.51. The van der Waals surface area contributed by atoms with Gasteiger partial charge in [0.25, 0.3) is 0 Å². The minimum absolute atomic E-state index is 0.0827. The molecule has 1 aliphatic rings. The summed E-state index contributed by atoms with van der Waals surface area (Å²) >= 11 is 0. The van der Waals surface area contributed by atoms with Gasteiger partial charge in [-0.2, -0.15) is 37.4 Å². The third kappa shape index (κ3) is 5.91. The largest absolute Gasteiger partial charge is 0.435 e. The topological polar surface area (TPSA) is 86.8 Å². The number of carbonyl (C=O) groups is 1. The molecular weight excluding hydrogens is 511 g/mol. The van der Waals surface area contributed by atoms with E-state index >= 15 is 0 Å². The second-order valence-corrected chi connectivity index (χ2v) is 8.39. The number of amides is 2. The highest BCUT2D eigenvalue weighted by Crippen LogP contribution is 2.32. The van der Waals surface area contributed by atoms with Gasteiger partial charge in [0, 0.05) is 24.0 Å². The van der Waals surface area contributed by atoms with Crippen molar-refractivity contribution in [3.05, 3.63) is 77.6 Å². The van der Waals surface area contributed by atoms with E-state index in [2.05, 4.69) is 14.9 Å². The summed E-state index contributed by atoms with van der Waals surface area (Å²) in [7, 11) is 0. The number of carbonyl (C=O) groups excluding carboxylic acids is 1. The number of anilines is 1. The van der Waals surface area contributed by atoms with Crippen molar-refractivity contribution >= 4 is 17.4 Å². The first-order valence-corrected chi connectivity index (χ1v) is 11.3. The van der Waals surface area contributed by atoms with Gasteiger partial charge >= 0.3 is 18.8 Å². The van der Waals surface area contributed by atoms with Crippen LogP contribution in [0.15, 0.2) is 66.0 Å². The standard InChI is InChI=1S/C25H21F5N6O2/c1-16-14-32-36(15-16)21-9-11-35(33-22(21)17-3-2-4-18(13-17)25(28,29)30)24(37)34(12-10-31)19-5-7-20(8-6-19)38-23(26)27/h2-8,13-15,21,23H,9,11-12H2,1H3. The van der Waals surface area contributed by atoms with E-state index in [1.54, 1.807) is 17.1 Å². The Morgan fingerprint density at radius 3 is 2.58 bits per heavy atom. The molecule has 1 unspecified atom stereocenters. The van der Waals surface area contributed by atoms with Crippen LogP contribution in [0.2, 0.25) is 0 Å². The predicted octanol–water partition coefficient (Wildman–Crippen LogP) is 5.61. The fourth-order valence-corrected chi connectivity index (χ4v) is 4.02. The second-order valence-electron chi connectivity index (χ2n) is 8.39. The Labute approximate surface area is 214 Å². The van der Waals surface area contributed by atoms with Gasteiger partial charge in [-0.15, -0.1) is 0 Å². The molecule has 1 aliphatic heterocycles. The first-order valence-electron chi connectivity index (χ1n) is 11.3. The summed E-state index contributed by atoms with van der Waals surface area (Å²) in [5, 5.41) is 19.1. The summed E-state index contributed by atoms with van der Waals surface area (Å²) in [6, 6.07) is 10.4. The van der Waals surface area contributed by atoms with E-state index in [0.717, 1.165) is 27.6 Å². The molecule has 3 aromatic rings. The van der Waals surface area contributed by atoms with E-state index in [1.807, 2.05) is 13.0 Å². The molecule has 198 valence electrons. The molecule has 8 nitrogen and oxygen atoms in total. The molecule has 0 N–H and O–H groups in total. The number of alkyl halides is 5. The SMILES string of the molecule is Cc1cnn(C2CCN(C(=O)N(CC#N)c3ccc(OC(F)F)cc3)N=C2c2cccc(C(F)(F)F)c2)c1. The maximum Gasteiger partial charge on any atom is 0.416 e. The number of hydrazone groups is 1. The summed E-state index contributed by atoms with van der Waals surface area (Å²) < 4.78 is 71.1. The van der Waals surface area contributed by atoms with Gasteiger partial charge < -0.3 is 4.74 Å². The molecule has 0 spiro atoms. The van der Waals surface area contributed by atoms with Crippen LogP contribution in [-0.4, -0.2) is 46.2 Å². The van der Waals surface area contributed by atoms with Gasteiger partial charge in [-0.05, 0) is 55.3 Å². The van der Waals surface area contributed by atoms with Crippen LogP contribution in [0, 0.1) is 18.3 Å². The number of hydrogen-bond acceptors (Lipinski definition) is 5. The van der Waals surface area contributed by atoms with Crippen LogP contribution in [-0.2, 0) is 6.18 Å². The lowest BCUT2D eigenvalue weighted by molar-refractivity contribution is -0.137. The van der Waals surface area contributed by atoms with E-state index in [9.17, 15) is 32.0 Å². The Kier molecular flexibility index (Phi) is 7.61. The molecule has 1 atom stereocenters. The zero-order valence-corrected chi connectivity index (χ0v) is 19.9. The normalized spacial score (nSPS) is 15.7. The lowest BCUT2D eigenvalue weighted by Gasteiger charge is -2.33. The summed E-state index contributed by atoms with van der Waals surface area (Å²) in [4.78, 5) is 14.5. The number of halogens is 5. The van der Waals surface area contributed by atoms with Crippen molar-refractivity contribution in [3.63, 3.8) is 0 Å². The fourth-order valence-electron chi connectivity index (χ4n) is 4.02. The molecule has 13 heteroatoms. The van der Waals surface area contributed by atoms with E-state index in [0.29, 0.717) is 0 Å². The molecular formula is C25H21F5N6O2. The summed E-state index contributed by atoms with van der Waals surface area (Å²) in [6.07, 6.45) is -0.959. The molecule has 0 bridgehead atoms. The van der Waals surface area contributed by atoms with Crippen molar-refractivity contribution in [3.8, 4) is 11.8 Å². The van der Waals surface area contributed by atoms with Crippen molar-refractivity contribution in [1.29, 1.82) is 5.26 Å². The summed E-state index contributed by atoms with van der Waals surface area (Å²) in [5.74, 6) is -0.131. The van der Waals surface area contributed by atoms with Crippen LogP contribution < -0.4 is 9.64 Å². The van der Waals surface area contributed by atoms with Crippen molar-refractivity contribution in [2.45, 2.75) is 32.2 Å². The van der Waals surface area contributed by atoms with Gasteiger partial charge in [-0.1, -0.05) is 12.1 Å². The molecule has 0 radical (unpaired) electrons. The number of nitriles is 1.